The number of hydrogen-bond acceptors (Lipinski definition) is 4. The molecule has 0 radical (unpaired) electrons. The average Bonchev–Trinajstić information content (AvgIpc) is 3.49. The molecular formula is C24H28N4O2S. The molecule has 4 rings (SSSR count). The molecule has 1 fully saturated rings. The number of carbonyl (C=O) groups is 2. The van der Waals surface area contributed by atoms with Crippen LogP contribution in [0.2, 0.25) is 0 Å². The van der Waals surface area contributed by atoms with Gasteiger partial charge in [0.15, 0.2) is 0 Å². The van der Waals surface area contributed by atoms with Gasteiger partial charge in [-0.2, -0.15) is 16.4 Å². The predicted octanol–water partition coefficient (Wildman–Crippen LogP) is 3.75. The van der Waals surface area contributed by atoms with E-state index in [9.17, 15) is 9.59 Å². The Balaban J connectivity index is 1.57. The fourth-order valence-electron chi connectivity index (χ4n) is 4.25. The molecule has 6 nitrogen and oxygen atoms in total. The summed E-state index contributed by atoms with van der Waals surface area (Å²) in [6.07, 6.45) is 2.86. The topological polar surface area (TPSA) is 67.2 Å². The largest absolute Gasteiger partial charge is 0.353 e. The standard InChI is InChI=1S/C24H28N4O2S/c1-17(2)26-23(30)24(10-12-28(16-24)22(29)21-8-11-25-27(21)3)14-18-4-6-19(7-5-18)20-9-13-31-15-20/h4-9,11,13,15,17H,10,12,14,16H2,1-3H3,(H,26,30)/t24-/m1/s1. The first kappa shape index (κ1) is 21.3. The van der Waals surface area contributed by atoms with E-state index in [0.29, 0.717) is 31.6 Å². The van der Waals surface area contributed by atoms with E-state index in [2.05, 4.69) is 51.5 Å². The van der Waals surface area contributed by atoms with Crippen LogP contribution in [0.3, 0.4) is 0 Å². The summed E-state index contributed by atoms with van der Waals surface area (Å²) in [5, 5.41) is 11.4. The number of nitrogens with one attached hydrogen (secondary N) is 1. The summed E-state index contributed by atoms with van der Waals surface area (Å²) in [5.41, 5.74) is 3.39. The molecular weight excluding hydrogens is 408 g/mol. The van der Waals surface area contributed by atoms with Crippen LogP contribution < -0.4 is 5.32 Å². The fraction of sp³-hybridized carbons (Fsp3) is 0.375. The van der Waals surface area contributed by atoms with Crippen LogP contribution >= 0.6 is 11.3 Å². The van der Waals surface area contributed by atoms with Gasteiger partial charge in [-0.15, -0.1) is 0 Å². The second-order valence-electron chi connectivity index (χ2n) is 8.61. The summed E-state index contributed by atoms with van der Waals surface area (Å²) in [5.74, 6) is -0.0586. The number of nitrogens with zero attached hydrogens (tertiary/aromatic N) is 3. The third kappa shape index (κ3) is 4.42. The molecule has 1 aromatic carbocycles. The molecule has 7 heteroatoms. The highest BCUT2D eigenvalue weighted by molar-refractivity contribution is 7.08. The van der Waals surface area contributed by atoms with Gasteiger partial charge in [-0.05, 0) is 66.3 Å². The summed E-state index contributed by atoms with van der Waals surface area (Å²) >= 11 is 1.68. The lowest BCUT2D eigenvalue weighted by Crippen LogP contribution is -2.47. The maximum atomic E-state index is 13.3. The molecule has 162 valence electrons. The third-order valence-electron chi connectivity index (χ3n) is 5.93. The first-order valence-corrected chi connectivity index (χ1v) is 11.5. The summed E-state index contributed by atoms with van der Waals surface area (Å²) in [6.45, 7) is 4.90. The van der Waals surface area contributed by atoms with Crippen molar-refractivity contribution in [1.82, 2.24) is 20.0 Å². The summed E-state index contributed by atoms with van der Waals surface area (Å²) in [4.78, 5) is 28.1. The lowest BCUT2D eigenvalue weighted by molar-refractivity contribution is -0.130. The number of aromatic nitrogens is 2. The molecule has 3 heterocycles. The van der Waals surface area contributed by atoms with Crippen molar-refractivity contribution in [3.8, 4) is 11.1 Å². The van der Waals surface area contributed by atoms with Crippen LogP contribution in [-0.4, -0.2) is 45.6 Å². The van der Waals surface area contributed by atoms with E-state index in [1.54, 1.807) is 40.2 Å². The Hall–Kier alpha value is -2.93. The summed E-state index contributed by atoms with van der Waals surface area (Å²) < 4.78 is 1.58. The Labute approximate surface area is 186 Å². The van der Waals surface area contributed by atoms with Gasteiger partial charge >= 0.3 is 0 Å². The van der Waals surface area contributed by atoms with Crippen LogP contribution in [0.1, 0.15) is 36.3 Å². The number of carbonyl (C=O) groups excluding carboxylic acids is 2. The van der Waals surface area contributed by atoms with Crippen molar-refractivity contribution in [1.29, 1.82) is 0 Å². The zero-order valence-electron chi connectivity index (χ0n) is 18.2. The van der Waals surface area contributed by atoms with E-state index in [-0.39, 0.29) is 17.9 Å². The molecule has 31 heavy (non-hydrogen) atoms. The van der Waals surface area contributed by atoms with Gasteiger partial charge in [0, 0.05) is 32.4 Å². The molecule has 0 unspecified atom stereocenters. The van der Waals surface area contributed by atoms with Gasteiger partial charge in [-0.3, -0.25) is 14.3 Å². The highest BCUT2D eigenvalue weighted by atomic mass is 32.1. The lowest BCUT2D eigenvalue weighted by atomic mass is 9.79. The van der Waals surface area contributed by atoms with Crippen LogP contribution in [0.5, 0.6) is 0 Å². The number of aryl methyl sites for hydroxylation is 1. The van der Waals surface area contributed by atoms with Crippen LogP contribution in [-0.2, 0) is 18.3 Å². The molecule has 1 aliphatic heterocycles. The molecule has 0 aliphatic carbocycles. The minimum absolute atomic E-state index is 0.0183. The zero-order chi connectivity index (χ0) is 22.0. The van der Waals surface area contributed by atoms with Crippen molar-refractivity contribution in [2.24, 2.45) is 12.5 Å². The summed E-state index contributed by atoms with van der Waals surface area (Å²) in [7, 11) is 1.76. The molecule has 1 N–H and O–H groups in total. The van der Waals surface area contributed by atoms with E-state index in [4.69, 9.17) is 0 Å². The van der Waals surface area contributed by atoms with Crippen molar-refractivity contribution < 1.29 is 9.59 Å². The summed E-state index contributed by atoms with van der Waals surface area (Å²) in [6, 6.07) is 12.3. The van der Waals surface area contributed by atoms with Gasteiger partial charge in [0.2, 0.25) is 5.91 Å². The highest BCUT2D eigenvalue weighted by Gasteiger charge is 2.46. The number of amides is 2. The van der Waals surface area contributed by atoms with Gasteiger partial charge in [-0.25, -0.2) is 0 Å². The van der Waals surface area contributed by atoms with Crippen molar-refractivity contribution in [2.75, 3.05) is 13.1 Å². The van der Waals surface area contributed by atoms with Gasteiger partial charge < -0.3 is 10.2 Å². The Morgan fingerprint density at radius 2 is 1.94 bits per heavy atom. The minimum atomic E-state index is -0.636. The van der Waals surface area contributed by atoms with Crippen LogP contribution in [0, 0.1) is 5.41 Å². The third-order valence-corrected chi connectivity index (χ3v) is 6.62. The molecule has 1 aliphatic rings. The number of hydrogen-bond donors (Lipinski definition) is 1. The second kappa shape index (κ2) is 8.67. The van der Waals surface area contributed by atoms with Gasteiger partial charge in [0.05, 0.1) is 5.41 Å². The van der Waals surface area contributed by atoms with Gasteiger partial charge in [0.1, 0.15) is 5.69 Å². The normalized spacial score (nSPS) is 18.5. The van der Waals surface area contributed by atoms with Gasteiger partial charge in [0.25, 0.3) is 5.91 Å². The van der Waals surface area contributed by atoms with E-state index in [1.165, 1.54) is 11.1 Å². The molecule has 2 amide bonds. The molecule has 1 saturated heterocycles. The number of thiophene rings is 1. The Kier molecular flexibility index (Phi) is 5.96. The van der Waals surface area contributed by atoms with Crippen LogP contribution in [0.4, 0.5) is 0 Å². The van der Waals surface area contributed by atoms with E-state index in [1.807, 2.05) is 13.8 Å². The lowest BCUT2D eigenvalue weighted by Gasteiger charge is -2.29. The first-order valence-electron chi connectivity index (χ1n) is 10.6. The number of benzene rings is 1. The van der Waals surface area contributed by atoms with Crippen LogP contribution in [0.25, 0.3) is 11.1 Å². The van der Waals surface area contributed by atoms with E-state index >= 15 is 0 Å². The van der Waals surface area contributed by atoms with Crippen molar-refractivity contribution in [2.45, 2.75) is 32.7 Å². The molecule has 2 aromatic heterocycles. The second-order valence-corrected chi connectivity index (χ2v) is 9.39. The Bertz CT molecular complexity index is 1060. The molecule has 1 atom stereocenters. The Morgan fingerprint density at radius 1 is 1.16 bits per heavy atom. The first-order chi connectivity index (χ1) is 14.9. The van der Waals surface area contributed by atoms with Crippen molar-refractivity contribution >= 4 is 23.2 Å². The fourth-order valence-corrected chi connectivity index (χ4v) is 4.92. The molecule has 3 aromatic rings. The molecule has 0 saturated carbocycles. The van der Waals surface area contributed by atoms with Crippen LogP contribution in [0.15, 0.2) is 53.4 Å². The monoisotopic (exact) mass is 436 g/mol. The number of likely N-dealkylation sites (tertiary alicyclic amines) is 1. The van der Waals surface area contributed by atoms with Gasteiger partial charge in [-0.1, -0.05) is 24.3 Å². The molecule has 0 bridgehead atoms. The average molecular weight is 437 g/mol. The van der Waals surface area contributed by atoms with E-state index < -0.39 is 5.41 Å². The predicted molar refractivity (Wildman–Crippen MR) is 123 cm³/mol. The van der Waals surface area contributed by atoms with E-state index in [0.717, 1.165) is 5.56 Å². The molecule has 0 spiro atoms. The zero-order valence-corrected chi connectivity index (χ0v) is 19.0. The van der Waals surface area contributed by atoms with Crippen molar-refractivity contribution in [3.05, 3.63) is 64.6 Å². The Morgan fingerprint density at radius 3 is 2.55 bits per heavy atom. The number of rotatable bonds is 6. The smallest absolute Gasteiger partial charge is 0.272 e. The maximum Gasteiger partial charge on any atom is 0.272 e. The van der Waals surface area contributed by atoms with Crippen molar-refractivity contribution in [3.63, 3.8) is 0 Å². The SMILES string of the molecule is CC(C)NC(=O)[C@@]1(Cc2ccc(-c3ccsc3)cc2)CCN(C(=O)c2ccnn2C)C1. The quantitative estimate of drug-likeness (QED) is 0.640. The maximum absolute atomic E-state index is 13.3. The minimum Gasteiger partial charge on any atom is -0.353 e. The highest BCUT2D eigenvalue weighted by Crippen LogP contribution is 2.36.